The third kappa shape index (κ3) is 5.89. The maximum atomic E-state index is 11.5. The third-order valence-corrected chi connectivity index (χ3v) is 3.02. The summed E-state index contributed by atoms with van der Waals surface area (Å²) in [7, 11) is 0. The van der Waals surface area contributed by atoms with Crippen molar-refractivity contribution in [3.05, 3.63) is 0 Å². The number of aliphatic hydroxyl groups is 1. The molecule has 0 radical (unpaired) electrons. The van der Waals surface area contributed by atoms with Crippen LogP contribution < -0.4 is 10.8 Å². The van der Waals surface area contributed by atoms with Crippen LogP contribution in [0.5, 0.6) is 0 Å². The van der Waals surface area contributed by atoms with Gasteiger partial charge >= 0.3 is 6.03 Å². The molecule has 0 aromatic heterocycles. The SMILES string of the molecule is C[C@@H]1CCCC[C@H]1NC(=O)NOCC(C)(C)O. The highest BCUT2D eigenvalue weighted by atomic mass is 16.7. The average Bonchev–Trinajstić information content (AvgIpc) is 2.19. The summed E-state index contributed by atoms with van der Waals surface area (Å²) in [4.78, 5) is 16.4. The molecule has 2 atom stereocenters. The first-order valence-corrected chi connectivity index (χ1v) is 6.29. The van der Waals surface area contributed by atoms with Crippen molar-refractivity contribution >= 4 is 6.03 Å². The monoisotopic (exact) mass is 244 g/mol. The Balaban J connectivity index is 2.20. The molecule has 1 fully saturated rings. The predicted molar refractivity (Wildman–Crippen MR) is 65.3 cm³/mol. The van der Waals surface area contributed by atoms with E-state index in [0.717, 1.165) is 12.8 Å². The molecule has 17 heavy (non-hydrogen) atoms. The van der Waals surface area contributed by atoms with E-state index in [1.807, 2.05) is 0 Å². The second-order valence-electron chi connectivity index (χ2n) is 5.54. The van der Waals surface area contributed by atoms with Crippen LogP contribution >= 0.6 is 0 Å². The van der Waals surface area contributed by atoms with E-state index in [0.29, 0.717) is 5.92 Å². The van der Waals surface area contributed by atoms with Gasteiger partial charge < -0.3 is 10.4 Å². The van der Waals surface area contributed by atoms with Crippen LogP contribution in [0.1, 0.15) is 46.5 Å². The first-order chi connectivity index (χ1) is 7.88. The highest BCUT2D eigenvalue weighted by Gasteiger charge is 2.23. The smallest absolute Gasteiger partial charge is 0.338 e. The van der Waals surface area contributed by atoms with E-state index in [9.17, 15) is 9.90 Å². The molecule has 1 aliphatic rings. The molecular formula is C12H24N2O3. The normalized spacial score (nSPS) is 25.4. The molecule has 5 nitrogen and oxygen atoms in total. The summed E-state index contributed by atoms with van der Waals surface area (Å²) in [5.41, 5.74) is 1.36. The highest BCUT2D eigenvalue weighted by molar-refractivity contribution is 5.73. The zero-order chi connectivity index (χ0) is 12.9. The molecule has 1 saturated carbocycles. The Bertz CT molecular complexity index is 251. The number of carbonyl (C=O) groups excluding carboxylic acids is 1. The molecule has 0 aromatic carbocycles. The van der Waals surface area contributed by atoms with Crippen molar-refractivity contribution in [1.82, 2.24) is 10.8 Å². The zero-order valence-corrected chi connectivity index (χ0v) is 11.0. The zero-order valence-electron chi connectivity index (χ0n) is 11.0. The summed E-state index contributed by atoms with van der Waals surface area (Å²) in [6.45, 7) is 5.47. The van der Waals surface area contributed by atoms with Crippen LogP contribution in [0.25, 0.3) is 0 Å². The largest absolute Gasteiger partial charge is 0.388 e. The van der Waals surface area contributed by atoms with Crippen molar-refractivity contribution in [3.8, 4) is 0 Å². The molecule has 0 saturated heterocycles. The minimum absolute atomic E-state index is 0.0701. The highest BCUT2D eigenvalue weighted by Crippen LogP contribution is 2.23. The molecule has 1 aliphatic carbocycles. The average molecular weight is 244 g/mol. The minimum Gasteiger partial charge on any atom is -0.388 e. The lowest BCUT2D eigenvalue weighted by Crippen LogP contribution is -2.47. The van der Waals surface area contributed by atoms with Crippen molar-refractivity contribution < 1.29 is 14.7 Å². The van der Waals surface area contributed by atoms with E-state index in [1.165, 1.54) is 12.8 Å². The number of hydroxylamine groups is 1. The van der Waals surface area contributed by atoms with Gasteiger partial charge in [-0.15, -0.1) is 0 Å². The first kappa shape index (κ1) is 14.3. The maximum Gasteiger partial charge on any atom is 0.338 e. The van der Waals surface area contributed by atoms with E-state index in [4.69, 9.17) is 4.84 Å². The minimum atomic E-state index is -0.939. The van der Waals surface area contributed by atoms with Crippen molar-refractivity contribution in [2.45, 2.75) is 58.1 Å². The van der Waals surface area contributed by atoms with Crippen LogP contribution in [0.3, 0.4) is 0 Å². The van der Waals surface area contributed by atoms with Gasteiger partial charge in [0.2, 0.25) is 0 Å². The standard InChI is InChI=1S/C12H24N2O3/c1-9-6-4-5-7-10(9)13-11(15)14-17-8-12(2,3)16/h9-10,16H,4-8H2,1-3H3,(H2,13,14,15)/t9-,10-/m1/s1. The fraction of sp³-hybridized carbons (Fsp3) is 0.917. The molecule has 0 aliphatic heterocycles. The quantitative estimate of drug-likeness (QED) is 0.657. The summed E-state index contributed by atoms with van der Waals surface area (Å²) in [5, 5.41) is 12.3. The fourth-order valence-electron chi connectivity index (χ4n) is 2.01. The summed E-state index contributed by atoms with van der Waals surface area (Å²) in [5.74, 6) is 0.517. The van der Waals surface area contributed by atoms with Crippen molar-refractivity contribution in [2.24, 2.45) is 5.92 Å². The number of urea groups is 1. The molecule has 0 aromatic rings. The van der Waals surface area contributed by atoms with Gasteiger partial charge in [0.05, 0.1) is 5.60 Å². The van der Waals surface area contributed by atoms with Crippen LogP contribution in [0.15, 0.2) is 0 Å². The Labute approximate surface area is 103 Å². The number of nitrogens with one attached hydrogen (secondary N) is 2. The Kier molecular flexibility index (Phi) is 5.21. The molecule has 0 unspecified atom stereocenters. The van der Waals surface area contributed by atoms with E-state index >= 15 is 0 Å². The second-order valence-corrected chi connectivity index (χ2v) is 5.54. The van der Waals surface area contributed by atoms with Gasteiger partial charge in [-0.05, 0) is 32.6 Å². The van der Waals surface area contributed by atoms with Gasteiger partial charge in [0, 0.05) is 6.04 Å². The summed E-state index contributed by atoms with van der Waals surface area (Å²) in [6.07, 6.45) is 4.60. The molecule has 0 heterocycles. The lowest BCUT2D eigenvalue weighted by atomic mass is 9.86. The molecule has 2 amide bonds. The van der Waals surface area contributed by atoms with Gasteiger partial charge in [-0.25, -0.2) is 10.3 Å². The lowest BCUT2D eigenvalue weighted by molar-refractivity contribution is -0.0487. The summed E-state index contributed by atoms with van der Waals surface area (Å²) < 4.78 is 0. The van der Waals surface area contributed by atoms with Gasteiger partial charge in [-0.2, -0.15) is 0 Å². The molecular weight excluding hydrogens is 220 g/mol. The van der Waals surface area contributed by atoms with Crippen molar-refractivity contribution in [1.29, 1.82) is 0 Å². The number of hydrogen-bond acceptors (Lipinski definition) is 3. The Morgan fingerprint density at radius 1 is 1.41 bits per heavy atom. The molecule has 5 heteroatoms. The number of carbonyl (C=O) groups is 1. The first-order valence-electron chi connectivity index (χ1n) is 6.29. The Hall–Kier alpha value is -0.810. The number of amides is 2. The van der Waals surface area contributed by atoms with Gasteiger partial charge in [-0.1, -0.05) is 19.8 Å². The number of hydrogen-bond donors (Lipinski definition) is 3. The predicted octanol–water partition coefficient (Wildman–Crippen LogP) is 1.57. The van der Waals surface area contributed by atoms with E-state index in [1.54, 1.807) is 13.8 Å². The topological polar surface area (TPSA) is 70.6 Å². The molecule has 0 bridgehead atoms. The summed E-state index contributed by atoms with van der Waals surface area (Å²) >= 11 is 0. The van der Waals surface area contributed by atoms with E-state index < -0.39 is 5.60 Å². The third-order valence-electron chi connectivity index (χ3n) is 3.02. The lowest BCUT2D eigenvalue weighted by Gasteiger charge is -2.29. The Morgan fingerprint density at radius 3 is 2.65 bits per heavy atom. The fourth-order valence-corrected chi connectivity index (χ4v) is 2.01. The van der Waals surface area contributed by atoms with Crippen LogP contribution in [0.2, 0.25) is 0 Å². The molecule has 3 N–H and O–H groups in total. The van der Waals surface area contributed by atoms with Crippen LogP contribution in [0, 0.1) is 5.92 Å². The second kappa shape index (κ2) is 6.21. The van der Waals surface area contributed by atoms with Crippen LogP contribution in [-0.2, 0) is 4.84 Å². The molecule has 0 spiro atoms. The van der Waals surface area contributed by atoms with Crippen LogP contribution in [-0.4, -0.2) is 29.4 Å². The van der Waals surface area contributed by atoms with Crippen molar-refractivity contribution in [2.75, 3.05) is 6.61 Å². The van der Waals surface area contributed by atoms with E-state index in [2.05, 4.69) is 17.7 Å². The maximum absolute atomic E-state index is 11.5. The van der Waals surface area contributed by atoms with Gasteiger partial charge in [0.1, 0.15) is 6.61 Å². The summed E-state index contributed by atoms with van der Waals surface area (Å²) in [6, 6.07) is -0.0949. The Morgan fingerprint density at radius 2 is 2.06 bits per heavy atom. The number of rotatable bonds is 4. The van der Waals surface area contributed by atoms with Gasteiger partial charge in [0.25, 0.3) is 0 Å². The van der Waals surface area contributed by atoms with Gasteiger partial charge in [-0.3, -0.25) is 4.84 Å². The molecule has 100 valence electrons. The van der Waals surface area contributed by atoms with Crippen LogP contribution in [0.4, 0.5) is 4.79 Å². The molecule has 1 rings (SSSR count). The van der Waals surface area contributed by atoms with E-state index in [-0.39, 0.29) is 18.7 Å². The van der Waals surface area contributed by atoms with Crippen molar-refractivity contribution in [3.63, 3.8) is 0 Å². The van der Waals surface area contributed by atoms with Gasteiger partial charge in [0.15, 0.2) is 0 Å².